The van der Waals surface area contributed by atoms with Gasteiger partial charge in [0.15, 0.2) is 0 Å². The van der Waals surface area contributed by atoms with Crippen LogP contribution in [0.2, 0.25) is 0 Å². The summed E-state index contributed by atoms with van der Waals surface area (Å²) >= 11 is 0. The summed E-state index contributed by atoms with van der Waals surface area (Å²) in [5.74, 6) is -0.410. The highest BCUT2D eigenvalue weighted by molar-refractivity contribution is 7.47. The van der Waals surface area contributed by atoms with E-state index in [2.05, 4.69) is 19.2 Å². The van der Waals surface area contributed by atoms with Gasteiger partial charge in [-0.3, -0.25) is 13.8 Å². The smallest absolute Gasteiger partial charge is 0.393 e. The minimum Gasteiger partial charge on any atom is -0.393 e. The van der Waals surface area contributed by atoms with Crippen molar-refractivity contribution in [1.82, 2.24) is 5.32 Å². The third-order valence-electron chi connectivity index (χ3n) is 10.0. The number of nitrogens with one attached hydrogen (secondary N) is 1. The number of unbranched alkanes of at least 4 members (excludes halogenated alkanes) is 27. The molecule has 0 spiro atoms. The standard InChI is InChI=1S/C41H85N2O7P/c1-3-5-7-9-11-13-15-17-18-19-20-21-22-24-26-28-30-32-38(44)36-41(46)43-39(37-50-51(47,48)49-35-34-42)40(45)33-31-29-27-25-23-16-14-12-10-8-6-4-2/h38-40,44-45H,3-37,42H2,1-2H3,(H,43,46)(H,47,48). The van der Waals surface area contributed by atoms with E-state index in [-0.39, 0.29) is 26.2 Å². The highest BCUT2D eigenvalue weighted by Crippen LogP contribution is 2.43. The van der Waals surface area contributed by atoms with Gasteiger partial charge < -0.3 is 26.2 Å². The lowest BCUT2D eigenvalue weighted by Gasteiger charge is -2.25. The van der Waals surface area contributed by atoms with Crippen molar-refractivity contribution in [1.29, 1.82) is 0 Å². The summed E-state index contributed by atoms with van der Waals surface area (Å²) in [5, 5.41) is 24.2. The van der Waals surface area contributed by atoms with Crippen LogP contribution in [0.25, 0.3) is 0 Å². The average Bonchev–Trinajstić information content (AvgIpc) is 3.10. The van der Waals surface area contributed by atoms with Crippen LogP contribution in [-0.2, 0) is 18.4 Å². The lowest BCUT2D eigenvalue weighted by molar-refractivity contribution is -0.125. The molecule has 0 aromatic carbocycles. The maximum Gasteiger partial charge on any atom is 0.472 e. The van der Waals surface area contributed by atoms with Crippen molar-refractivity contribution in [2.24, 2.45) is 5.73 Å². The van der Waals surface area contributed by atoms with E-state index in [1.54, 1.807) is 0 Å². The van der Waals surface area contributed by atoms with Crippen LogP contribution in [0, 0.1) is 0 Å². The molecule has 0 saturated carbocycles. The molecule has 0 rings (SSSR count). The van der Waals surface area contributed by atoms with Crippen molar-refractivity contribution >= 4 is 13.7 Å². The lowest BCUT2D eigenvalue weighted by Crippen LogP contribution is -2.47. The molecule has 306 valence electrons. The molecule has 4 unspecified atom stereocenters. The maximum absolute atomic E-state index is 12.8. The van der Waals surface area contributed by atoms with Crippen molar-refractivity contribution in [3.63, 3.8) is 0 Å². The van der Waals surface area contributed by atoms with E-state index in [1.807, 2.05) is 0 Å². The fourth-order valence-electron chi connectivity index (χ4n) is 6.71. The second-order valence-electron chi connectivity index (χ2n) is 15.1. The van der Waals surface area contributed by atoms with Gasteiger partial charge in [-0.1, -0.05) is 200 Å². The summed E-state index contributed by atoms with van der Waals surface area (Å²) in [6, 6.07) is -0.889. The Morgan fingerprint density at radius 1 is 0.588 bits per heavy atom. The first-order valence-corrected chi connectivity index (χ1v) is 23.2. The van der Waals surface area contributed by atoms with Gasteiger partial charge in [-0.05, 0) is 12.8 Å². The van der Waals surface area contributed by atoms with E-state index < -0.39 is 32.0 Å². The minimum atomic E-state index is -4.37. The number of nitrogens with two attached hydrogens (primary N) is 1. The van der Waals surface area contributed by atoms with Gasteiger partial charge in [0.05, 0.1) is 37.9 Å². The van der Waals surface area contributed by atoms with E-state index in [4.69, 9.17) is 14.8 Å². The second-order valence-corrected chi connectivity index (χ2v) is 16.6. The summed E-state index contributed by atoms with van der Waals surface area (Å²) in [6.45, 7) is 4.06. The van der Waals surface area contributed by atoms with E-state index in [1.165, 1.54) is 148 Å². The average molecular weight is 749 g/mol. The quantitative estimate of drug-likeness (QED) is 0.0306. The molecule has 0 aromatic heterocycles. The maximum atomic E-state index is 12.8. The molecule has 0 fully saturated rings. The first kappa shape index (κ1) is 50.5. The Labute approximate surface area is 315 Å². The Bertz CT molecular complexity index is 791. The summed E-state index contributed by atoms with van der Waals surface area (Å²) in [7, 11) is -4.37. The highest BCUT2D eigenvalue weighted by Gasteiger charge is 2.28. The zero-order chi connectivity index (χ0) is 37.7. The van der Waals surface area contributed by atoms with Crippen molar-refractivity contribution in [3.05, 3.63) is 0 Å². The zero-order valence-corrected chi connectivity index (χ0v) is 34.4. The van der Waals surface area contributed by atoms with Crippen LogP contribution in [0.3, 0.4) is 0 Å². The molecule has 51 heavy (non-hydrogen) atoms. The first-order valence-electron chi connectivity index (χ1n) is 21.7. The number of amides is 1. The third kappa shape index (κ3) is 36.2. The van der Waals surface area contributed by atoms with Gasteiger partial charge in [0.25, 0.3) is 0 Å². The molecule has 9 nitrogen and oxygen atoms in total. The molecule has 0 saturated heterocycles. The van der Waals surface area contributed by atoms with Crippen molar-refractivity contribution < 1.29 is 33.5 Å². The fraction of sp³-hybridized carbons (Fsp3) is 0.976. The number of carbonyl (C=O) groups excluding carboxylic acids is 1. The van der Waals surface area contributed by atoms with Crippen molar-refractivity contribution in [3.8, 4) is 0 Å². The zero-order valence-electron chi connectivity index (χ0n) is 33.5. The van der Waals surface area contributed by atoms with E-state index in [0.29, 0.717) is 12.8 Å². The van der Waals surface area contributed by atoms with Crippen molar-refractivity contribution in [2.45, 2.75) is 238 Å². The SMILES string of the molecule is CCCCCCCCCCCCCCCCCCCC(O)CC(=O)NC(COP(=O)(O)OCCN)C(O)CCCCCCCCCCCCCC. The fourth-order valence-corrected chi connectivity index (χ4v) is 7.47. The lowest BCUT2D eigenvalue weighted by atomic mass is 10.0. The van der Waals surface area contributed by atoms with Gasteiger partial charge in [0, 0.05) is 6.54 Å². The largest absolute Gasteiger partial charge is 0.472 e. The Balaban J connectivity index is 4.20. The Hall–Kier alpha value is -0.540. The van der Waals surface area contributed by atoms with Crippen LogP contribution < -0.4 is 11.1 Å². The number of hydrogen-bond acceptors (Lipinski definition) is 7. The van der Waals surface area contributed by atoms with E-state index in [0.717, 1.165) is 38.5 Å². The molecule has 10 heteroatoms. The topological polar surface area (TPSA) is 151 Å². The van der Waals surface area contributed by atoms with Gasteiger partial charge in [-0.15, -0.1) is 0 Å². The summed E-state index contributed by atoms with van der Waals surface area (Å²) in [5.41, 5.74) is 5.36. The molecule has 0 aliphatic carbocycles. The monoisotopic (exact) mass is 749 g/mol. The Morgan fingerprint density at radius 2 is 0.941 bits per heavy atom. The van der Waals surface area contributed by atoms with Crippen LogP contribution in [0.5, 0.6) is 0 Å². The van der Waals surface area contributed by atoms with Crippen molar-refractivity contribution in [2.75, 3.05) is 19.8 Å². The van der Waals surface area contributed by atoms with Gasteiger partial charge >= 0.3 is 7.82 Å². The van der Waals surface area contributed by atoms with Crippen LogP contribution in [0.1, 0.15) is 219 Å². The molecule has 0 bridgehead atoms. The van der Waals surface area contributed by atoms with Gasteiger partial charge in [-0.25, -0.2) is 4.57 Å². The van der Waals surface area contributed by atoms with Gasteiger partial charge in [-0.2, -0.15) is 0 Å². The molecule has 0 aliphatic rings. The number of rotatable bonds is 41. The normalized spacial score (nSPS) is 14.7. The molecule has 1 amide bonds. The van der Waals surface area contributed by atoms with Crippen LogP contribution >= 0.6 is 7.82 Å². The highest BCUT2D eigenvalue weighted by atomic mass is 31.2. The van der Waals surface area contributed by atoms with Gasteiger partial charge in [0.2, 0.25) is 5.91 Å². The number of hydrogen-bond donors (Lipinski definition) is 5. The van der Waals surface area contributed by atoms with Crippen LogP contribution in [-0.4, -0.2) is 59.0 Å². The number of carbonyl (C=O) groups is 1. The first-order chi connectivity index (χ1) is 24.8. The summed E-state index contributed by atoms with van der Waals surface area (Å²) < 4.78 is 22.1. The minimum absolute atomic E-state index is 0.0625. The molecule has 0 aromatic rings. The molecule has 4 atom stereocenters. The molecule has 0 heterocycles. The van der Waals surface area contributed by atoms with Crippen LogP contribution in [0.4, 0.5) is 0 Å². The molecule has 0 radical (unpaired) electrons. The number of aliphatic hydroxyl groups excluding tert-OH is 2. The van der Waals surface area contributed by atoms with Crippen LogP contribution in [0.15, 0.2) is 0 Å². The van der Waals surface area contributed by atoms with E-state index >= 15 is 0 Å². The summed E-state index contributed by atoms with van der Waals surface area (Å²) in [6.07, 6.45) is 35.7. The van der Waals surface area contributed by atoms with E-state index in [9.17, 15) is 24.5 Å². The molecular formula is C41H85N2O7P. The third-order valence-corrected chi connectivity index (χ3v) is 11.0. The number of aliphatic hydroxyl groups is 2. The number of phosphoric acid groups is 1. The molecular weight excluding hydrogens is 663 g/mol. The van der Waals surface area contributed by atoms with Gasteiger partial charge in [0.1, 0.15) is 0 Å². The second kappa shape index (κ2) is 37.8. The summed E-state index contributed by atoms with van der Waals surface area (Å²) in [4.78, 5) is 22.7. The Morgan fingerprint density at radius 3 is 1.31 bits per heavy atom. The number of phosphoric ester groups is 1. The predicted octanol–water partition coefficient (Wildman–Crippen LogP) is 10.8. The molecule has 6 N–H and O–H groups in total. The Kier molecular flexibility index (Phi) is 37.4. The molecule has 0 aliphatic heterocycles. The predicted molar refractivity (Wildman–Crippen MR) is 214 cm³/mol.